The van der Waals surface area contributed by atoms with E-state index < -0.39 is 11.6 Å². The van der Waals surface area contributed by atoms with Gasteiger partial charge >= 0.3 is 0 Å². The van der Waals surface area contributed by atoms with Crippen molar-refractivity contribution in [2.45, 2.75) is 12.8 Å². The van der Waals surface area contributed by atoms with E-state index in [-0.39, 0.29) is 12.1 Å². The van der Waals surface area contributed by atoms with Crippen molar-refractivity contribution in [3.05, 3.63) is 11.6 Å². The fraction of sp³-hybridized carbons (Fsp3) is 0.286. The summed E-state index contributed by atoms with van der Waals surface area (Å²) in [7, 11) is 0. The van der Waals surface area contributed by atoms with Crippen LogP contribution in [0, 0.1) is 10.8 Å². The lowest BCUT2D eigenvalue weighted by atomic mass is 10.1. The summed E-state index contributed by atoms with van der Waals surface area (Å²) in [4.78, 5) is 10.4. The summed E-state index contributed by atoms with van der Waals surface area (Å²) >= 11 is 5.43. The molecule has 0 saturated heterocycles. The van der Waals surface area contributed by atoms with Gasteiger partial charge in [-0.1, -0.05) is 18.2 Å². The minimum atomic E-state index is -0.889. The summed E-state index contributed by atoms with van der Waals surface area (Å²) in [6, 6.07) is 0. The molecule has 0 unspecified atom stereocenters. The van der Waals surface area contributed by atoms with Crippen LogP contribution in [0.4, 0.5) is 0 Å². The van der Waals surface area contributed by atoms with E-state index >= 15 is 0 Å². The van der Waals surface area contributed by atoms with Crippen molar-refractivity contribution < 1.29 is 4.79 Å². The summed E-state index contributed by atoms with van der Waals surface area (Å²) in [5.41, 5.74) is 4.21. The molecule has 0 aliphatic heterocycles. The Balaban J connectivity index is 3.97. The third-order valence-corrected chi connectivity index (χ3v) is 1.38. The predicted molar refractivity (Wildman–Crippen MR) is 48.9 cm³/mol. The average molecular weight is 188 g/mol. The van der Waals surface area contributed by atoms with E-state index in [1.807, 2.05) is 0 Å². The summed E-state index contributed by atoms with van der Waals surface area (Å²) in [5.74, 6) is -0.889. The zero-order chi connectivity index (χ0) is 9.72. The standard InChI is InChI=1S/C7H10ClN3O/c1-4(8)2-3-5(9)6(10)7(11)12/h9-10H,1-3H2,(H2,11,12). The molecule has 66 valence electrons. The Kier molecular flexibility index (Phi) is 4.21. The number of primary amides is 1. The monoisotopic (exact) mass is 187 g/mol. The molecule has 4 nitrogen and oxygen atoms in total. The van der Waals surface area contributed by atoms with Gasteiger partial charge in [-0.3, -0.25) is 10.2 Å². The van der Waals surface area contributed by atoms with Crippen molar-refractivity contribution >= 4 is 28.9 Å². The van der Waals surface area contributed by atoms with Crippen molar-refractivity contribution in [3.8, 4) is 0 Å². The van der Waals surface area contributed by atoms with Crippen LogP contribution in [0.3, 0.4) is 0 Å². The Hall–Kier alpha value is -1.16. The van der Waals surface area contributed by atoms with E-state index in [0.29, 0.717) is 11.5 Å². The zero-order valence-electron chi connectivity index (χ0n) is 6.48. The second-order valence-corrected chi connectivity index (χ2v) is 2.77. The largest absolute Gasteiger partial charge is 0.364 e. The highest BCUT2D eigenvalue weighted by Crippen LogP contribution is 2.07. The highest BCUT2D eigenvalue weighted by molar-refractivity contribution is 6.65. The predicted octanol–water partition coefficient (Wildman–Crippen LogP) is 1.04. The summed E-state index contributed by atoms with van der Waals surface area (Å²) in [5, 5.41) is 14.6. The number of carbonyl (C=O) groups excluding carboxylic acids is 1. The molecule has 0 saturated carbocycles. The molecule has 1 amide bonds. The molecular formula is C7H10ClN3O. The Bertz CT molecular complexity index is 247. The number of nitrogens with two attached hydrogens (primary N) is 1. The first kappa shape index (κ1) is 10.8. The van der Waals surface area contributed by atoms with E-state index in [4.69, 9.17) is 28.2 Å². The molecule has 4 N–H and O–H groups in total. The van der Waals surface area contributed by atoms with Gasteiger partial charge in [-0.25, -0.2) is 0 Å². The number of nitrogens with one attached hydrogen (secondary N) is 2. The van der Waals surface area contributed by atoms with Gasteiger partial charge in [-0.15, -0.1) is 0 Å². The first-order chi connectivity index (χ1) is 5.45. The van der Waals surface area contributed by atoms with Gasteiger partial charge in [0.05, 0.1) is 5.71 Å². The van der Waals surface area contributed by atoms with Gasteiger partial charge in [0.1, 0.15) is 5.71 Å². The molecule has 0 radical (unpaired) electrons. The van der Waals surface area contributed by atoms with E-state index in [9.17, 15) is 4.79 Å². The molecule has 0 heterocycles. The Morgan fingerprint density at radius 1 is 1.42 bits per heavy atom. The zero-order valence-corrected chi connectivity index (χ0v) is 7.24. The minimum absolute atomic E-state index is 0.107. The average Bonchev–Trinajstić information content (AvgIpc) is 1.98. The maximum atomic E-state index is 10.4. The summed E-state index contributed by atoms with van der Waals surface area (Å²) < 4.78 is 0. The van der Waals surface area contributed by atoms with E-state index in [1.165, 1.54) is 0 Å². The molecule has 0 bridgehead atoms. The van der Waals surface area contributed by atoms with Crippen LogP contribution in [0.25, 0.3) is 0 Å². The lowest BCUT2D eigenvalue weighted by Gasteiger charge is -2.00. The first-order valence-corrected chi connectivity index (χ1v) is 3.62. The number of amides is 1. The van der Waals surface area contributed by atoms with Crippen molar-refractivity contribution in [2.75, 3.05) is 0 Å². The smallest absolute Gasteiger partial charge is 0.268 e. The summed E-state index contributed by atoms with van der Waals surface area (Å²) in [6.07, 6.45) is 0.611. The Morgan fingerprint density at radius 3 is 2.25 bits per heavy atom. The van der Waals surface area contributed by atoms with Gasteiger partial charge in [0, 0.05) is 5.03 Å². The number of hydrogen-bond donors (Lipinski definition) is 3. The molecule has 0 rings (SSSR count). The molecule has 0 aromatic rings. The molecule has 0 aromatic carbocycles. The fourth-order valence-electron chi connectivity index (χ4n) is 0.534. The van der Waals surface area contributed by atoms with Crippen molar-refractivity contribution in [1.29, 1.82) is 10.8 Å². The second kappa shape index (κ2) is 4.66. The van der Waals surface area contributed by atoms with E-state index in [1.54, 1.807) is 0 Å². The Labute approximate surface area is 75.4 Å². The lowest BCUT2D eigenvalue weighted by Crippen LogP contribution is -2.29. The van der Waals surface area contributed by atoms with Gasteiger partial charge < -0.3 is 11.1 Å². The molecule has 0 aliphatic rings. The van der Waals surface area contributed by atoms with Crippen LogP contribution in [0.2, 0.25) is 0 Å². The molecule has 0 aliphatic carbocycles. The maximum absolute atomic E-state index is 10.4. The molecule has 0 atom stereocenters. The van der Waals surface area contributed by atoms with Crippen LogP contribution in [0.5, 0.6) is 0 Å². The van der Waals surface area contributed by atoms with Crippen LogP contribution in [0.1, 0.15) is 12.8 Å². The number of carbonyl (C=O) groups is 1. The molecule has 0 aromatic heterocycles. The van der Waals surface area contributed by atoms with Crippen molar-refractivity contribution in [1.82, 2.24) is 0 Å². The lowest BCUT2D eigenvalue weighted by molar-refractivity contribution is -0.111. The Morgan fingerprint density at radius 2 is 1.92 bits per heavy atom. The SMILES string of the molecule is C=C(Cl)CCC(=N)C(=N)C(N)=O. The van der Waals surface area contributed by atoms with Crippen molar-refractivity contribution in [2.24, 2.45) is 5.73 Å². The number of halogens is 1. The highest BCUT2D eigenvalue weighted by atomic mass is 35.5. The second-order valence-electron chi connectivity index (χ2n) is 2.24. The maximum Gasteiger partial charge on any atom is 0.268 e. The fourth-order valence-corrected chi connectivity index (χ4v) is 0.629. The van der Waals surface area contributed by atoms with E-state index in [0.717, 1.165) is 0 Å². The van der Waals surface area contributed by atoms with E-state index in [2.05, 4.69) is 6.58 Å². The molecule has 0 spiro atoms. The number of rotatable bonds is 5. The number of allylic oxidation sites excluding steroid dienone is 1. The highest BCUT2D eigenvalue weighted by Gasteiger charge is 2.10. The van der Waals surface area contributed by atoms with Gasteiger partial charge in [0.15, 0.2) is 0 Å². The van der Waals surface area contributed by atoms with Crippen LogP contribution in [-0.4, -0.2) is 17.3 Å². The molecule has 5 heteroatoms. The van der Waals surface area contributed by atoms with Crippen LogP contribution < -0.4 is 5.73 Å². The topological polar surface area (TPSA) is 90.8 Å². The molecular weight excluding hydrogens is 178 g/mol. The van der Waals surface area contributed by atoms with Crippen LogP contribution in [0.15, 0.2) is 11.6 Å². The normalized spacial score (nSPS) is 9.08. The van der Waals surface area contributed by atoms with Crippen LogP contribution in [-0.2, 0) is 4.79 Å². The summed E-state index contributed by atoms with van der Waals surface area (Å²) in [6.45, 7) is 3.41. The quantitative estimate of drug-likeness (QED) is 0.552. The molecule has 0 fully saturated rings. The third-order valence-electron chi connectivity index (χ3n) is 1.19. The first-order valence-electron chi connectivity index (χ1n) is 3.24. The number of hydrogen-bond acceptors (Lipinski definition) is 3. The third kappa shape index (κ3) is 3.88. The van der Waals surface area contributed by atoms with Crippen molar-refractivity contribution in [3.63, 3.8) is 0 Å². The van der Waals surface area contributed by atoms with Gasteiger partial charge in [-0.2, -0.15) is 0 Å². The minimum Gasteiger partial charge on any atom is -0.364 e. The molecule has 12 heavy (non-hydrogen) atoms. The van der Waals surface area contributed by atoms with Crippen LogP contribution >= 0.6 is 11.6 Å². The van der Waals surface area contributed by atoms with Gasteiger partial charge in [-0.05, 0) is 12.8 Å². The van der Waals surface area contributed by atoms with Gasteiger partial charge in [0.25, 0.3) is 5.91 Å². The van der Waals surface area contributed by atoms with Gasteiger partial charge in [0.2, 0.25) is 0 Å².